The molecule has 0 N–H and O–H groups in total. The summed E-state index contributed by atoms with van der Waals surface area (Å²) in [5, 5.41) is 2.34. The molecule has 282 valence electrons. The Morgan fingerprint density at radius 1 is 0.434 bits per heavy atom. The van der Waals surface area contributed by atoms with Crippen molar-refractivity contribution in [1.82, 2.24) is 18.3 Å². The van der Waals surface area contributed by atoms with Gasteiger partial charge in [0.1, 0.15) is 0 Å². The minimum atomic E-state index is 0. The molecule has 53 heavy (non-hydrogen) atoms. The molecule has 0 amide bonds. The normalized spacial score (nSPS) is 11.0. The molecule has 4 aromatic carbocycles. The Kier molecular flexibility index (Phi) is 15.5. The molecule has 2 aromatic heterocycles. The molecule has 0 radical (unpaired) electrons. The van der Waals surface area contributed by atoms with Gasteiger partial charge in [-0.05, 0) is 120 Å². The molecule has 6 rings (SSSR count). The van der Waals surface area contributed by atoms with E-state index in [1.807, 2.05) is 18.3 Å². The molecule has 11 heteroatoms. The van der Waals surface area contributed by atoms with Gasteiger partial charge in [-0.25, -0.2) is 0 Å². The zero-order valence-corrected chi connectivity index (χ0v) is 36.7. The van der Waals surface area contributed by atoms with Crippen LogP contribution in [0.25, 0.3) is 22.7 Å². The second kappa shape index (κ2) is 19.1. The first-order chi connectivity index (χ1) is 24.9. The van der Waals surface area contributed by atoms with Crippen molar-refractivity contribution in [3.63, 3.8) is 0 Å². The van der Waals surface area contributed by atoms with E-state index >= 15 is 0 Å². The maximum Gasteiger partial charge on any atom is 0.186 e. The first-order valence-electron chi connectivity index (χ1n) is 17.7. The van der Waals surface area contributed by atoms with Gasteiger partial charge in [-0.15, -0.1) is 20.1 Å². The molecule has 6 aromatic rings. The molecule has 0 fully saturated rings. The van der Waals surface area contributed by atoms with Crippen LogP contribution < -0.4 is 0 Å². The molecule has 0 aliphatic carbocycles. The predicted octanol–water partition coefficient (Wildman–Crippen LogP) is 11.8. The first kappa shape index (κ1) is 42.8. The van der Waals surface area contributed by atoms with Crippen molar-refractivity contribution in [2.75, 3.05) is 0 Å². The molecule has 2 heterocycles. The van der Waals surface area contributed by atoms with Gasteiger partial charge < -0.3 is 68.8 Å². The number of hydrogen-bond acceptors (Lipinski definition) is 6. The Bertz CT molecular complexity index is 2070. The minimum absolute atomic E-state index is 0. The van der Waals surface area contributed by atoms with Gasteiger partial charge in [0.15, 0.2) is 9.54 Å². The minimum Gasteiger partial charge on any atom is -0.762 e. The molecule has 0 saturated heterocycles. The molecule has 0 saturated carbocycles. The summed E-state index contributed by atoms with van der Waals surface area (Å²) in [7, 11) is 0. The number of aromatic nitrogens is 4. The fourth-order valence-corrected chi connectivity index (χ4v) is 8.21. The van der Waals surface area contributed by atoms with E-state index in [1.165, 1.54) is 22.3 Å². The van der Waals surface area contributed by atoms with Crippen molar-refractivity contribution in [3.8, 4) is 22.7 Å². The van der Waals surface area contributed by atoms with Crippen molar-refractivity contribution in [2.24, 2.45) is 0 Å². The van der Waals surface area contributed by atoms with Crippen molar-refractivity contribution in [3.05, 3.63) is 129 Å². The van der Waals surface area contributed by atoms with Crippen LogP contribution in [0.1, 0.15) is 88.5 Å². The summed E-state index contributed by atoms with van der Waals surface area (Å²) in [5.41, 5.74) is 9.04. The number of aryl methyl sites for hydroxylation is 2. The summed E-state index contributed by atoms with van der Waals surface area (Å²) in [5.74, 6) is 0.970. The topological polar surface area (TPSA) is 19.7 Å². The third kappa shape index (κ3) is 9.50. The van der Waals surface area contributed by atoms with E-state index < -0.39 is 0 Å². The van der Waals surface area contributed by atoms with Gasteiger partial charge in [-0.2, -0.15) is 0 Å². The number of rotatable bonds is 10. The van der Waals surface area contributed by atoms with Crippen LogP contribution in [-0.2, 0) is 79.8 Å². The van der Waals surface area contributed by atoms with Crippen LogP contribution in [-0.4, -0.2) is 18.3 Å². The van der Waals surface area contributed by atoms with E-state index in [-0.39, 0.29) is 16.5 Å². The fourth-order valence-electron chi connectivity index (χ4n) is 6.06. The van der Waals surface area contributed by atoms with Crippen molar-refractivity contribution in [1.29, 1.82) is 0 Å². The average molecular weight is 856 g/mol. The molecule has 0 atom stereocenters. The van der Waals surface area contributed by atoms with Gasteiger partial charge in [0.05, 0.1) is 0 Å². The Balaban J connectivity index is 0.000000232. The maximum atomic E-state index is 5.73. The van der Waals surface area contributed by atoms with Gasteiger partial charge in [0, 0.05) is 39.2 Å². The SMILES string of the molecule is CC(C)c1ccc(-n2c([S-])c([S-])n(-c3ccc(C(C)C)cc3)c2=S)cc1.CCCc1ccc(-n2c([S-])c([S-])n(-c3ccc(CCC)cc3)c2=S)cc1.[Ni]. The Morgan fingerprint density at radius 3 is 0.868 bits per heavy atom. The summed E-state index contributed by atoms with van der Waals surface area (Å²) < 4.78 is 8.77. The smallest absolute Gasteiger partial charge is 0.186 e. The average Bonchev–Trinajstić information content (AvgIpc) is 3.50. The standard InChI is InChI=1S/2C21H24N2S3.Ni/c1-13(2)15-5-9-17(10-6-15)22-19(24)20(25)23(21(22)26)18-11-7-16(8-12-18)14(3)4;1-3-5-15-7-11-17(12-8-15)22-19(24)20(25)23(21(22)26)18-13-9-16(6-4-2)10-14-18;/h5-14,24-25H,1-4H3;7-14,24-25H,3-6H2,1-2H3;/p-4. The van der Waals surface area contributed by atoms with Crippen LogP contribution in [0, 0.1) is 9.54 Å². The predicted molar refractivity (Wildman–Crippen MR) is 231 cm³/mol. The molecular weight excluding hydrogens is 812 g/mol. The molecule has 0 aliphatic heterocycles. The van der Waals surface area contributed by atoms with E-state index in [9.17, 15) is 0 Å². The Hall–Kier alpha value is -2.89. The van der Waals surface area contributed by atoms with E-state index in [0.717, 1.165) is 48.4 Å². The van der Waals surface area contributed by atoms with Crippen molar-refractivity contribution < 1.29 is 16.5 Å². The number of benzene rings is 4. The van der Waals surface area contributed by atoms with Crippen molar-refractivity contribution >= 4 is 75.0 Å². The van der Waals surface area contributed by atoms with Crippen LogP contribution in [0.4, 0.5) is 0 Å². The van der Waals surface area contributed by atoms with Gasteiger partial charge in [-0.1, -0.05) is 103 Å². The Morgan fingerprint density at radius 2 is 0.660 bits per heavy atom. The fraction of sp³-hybridized carbons (Fsp3) is 0.286. The van der Waals surface area contributed by atoms with E-state index in [2.05, 4.69) is 139 Å². The quantitative estimate of drug-likeness (QED) is 0.0771. The van der Waals surface area contributed by atoms with Crippen LogP contribution in [0.15, 0.2) is 117 Å². The molecule has 0 unspecified atom stereocenters. The molecule has 0 aliphatic rings. The summed E-state index contributed by atoms with van der Waals surface area (Å²) in [6.07, 6.45) is 4.41. The second-order valence-corrected chi connectivity index (χ2v) is 15.7. The van der Waals surface area contributed by atoms with Crippen LogP contribution in [0.3, 0.4) is 0 Å². The molecule has 4 nitrogen and oxygen atoms in total. The van der Waals surface area contributed by atoms with Crippen LogP contribution in [0.2, 0.25) is 0 Å². The molecule has 0 bridgehead atoms. The van der Waals surface area contributed by atoms with Gasteiger partial charge >= 0.3 is 0 Å². The monoisotopic (exact) mass is 854 g/mol. The molecular formula is C42H44N4NiS6-4. The number of hydrogen-bond donors (Lipinski definition) is 0. The third-order valence-electron chi connectivity index (χ3n) is 9.05. The summed E-state index contributed by atoms with van der Waals surface area (Å²) in [6.45, 7) is 13.1. The zero-order chi connectivity index (χ0) is 37.7. The van der Waals surface area contributed by atoms with E-state index in [1.54, 1.807) is 0 Å². The largest absolute Gasteiger partial charge is 0.762 e. The summed E-state index contributed by atoms with van der Waals surface area (Å²) >= 11 is 33.9. The van der Waals surface area contributed by atoms with E-state index in [0.29, 0.717) is 41.5 Å². The van der Waals surface area contributed by atoms with Crippen LogP contribution in [0.5, 0.6) is 0 Å². The van der Waals surface area contributed by atoms with Crippen molar-refractivity contribution in [2.45, 2.75) is 99.2 Å². The van der Waals surface area contributed by atoms with E-state index in [4.69, 9.17) is 75.0 Å². The van der Waals surface area contributed by atoms with Crippen LogP contribution >= 0.6 is 24.4 Å². The molecule has 0 spiro atoms. The Labute approximate surface area is 357 Å². The second-order valence-electron chi connectivity index (χ2n) is 13.5. The number of imidazole rings is 2. The summed E-state index contributed by atoms with van der Waals surface area (Å²) in [4.78, 5) is 0. The maximum absolute atomic E-state index is 5.73. The summed E-state index contributed by atoms with van der Waals surface area (Å²) in [6, 6.07) is 33.5. The number of nitrogens with zero attached hydrogens (tertiary/aromatic N) is 4. The van der Waals surface area contributed by atoms with Gasteiger partial charge in [0.25, 0.3) is 0 Å². The zero-order valence-electron chi connectivity index (χ0n) is 30.8. The van der Waals surface area contributed by atoms with Gasteiger partial charge in [0.2, 0.25) is 0 Å². The van der Waals surface area contributed by atoms with Gasteiger partial charge in [-0.3, -0.25) is 0 Å². The third-order valence-corrected chi connectivity index (χ3v) is 11.5. The first-order valence-corrected chi connectivity index (χ1v) is 20.2.